The summed E-state index contributed by atoms with van der Waals surface area (Å²) in [6.07, 6.45) is 6.22. The first kappa shape index (κ1) is 24.1. The Bertz CT molecular complexity index is 1460. The van der Waals surface area contributed by atoms with Gasteiger partial charge in [-0.05, 0) is 74.8 Å². The summed E-state index contributed by atoms with van der Waals surface area (Å²) in [5, 5.41) is 11.4. The van der Waals surface area contributed by atoms with Crippen molar-refractivity contribution in [3.05, 3.63) is 47.8 Å². The first-order valence-electron chi connectivity index (χ1n) is 13.8. The van der Waals surface area contributed by atoms with Crippen molar-refractivity contribution in [1.29, 1.82) is 0 Å². The summed E-state index contributed by atoms with van der Waals surface area (Å²) in [6, 6.07) is 10.2. The second kappa shape index (κ2) is 9.68. The lowest BCUT2D eigenvalue weighted by Crippen LogP contribution is -2.40. The lowest BCUT2D eigenvalue weighted by atomic mass is 9.97. The molecule has 1 unspecified atom stereocenters. The zero-order valence-electron chi connectivity index (χ0n) is 22.3. The number of ether oxygens (including phenoxy) is 2. The molecule has 2 fully saturated rings. The first-order valence-corrected chi connectivity index (χ1v) is 13.8. The number of aromatic nitrogens is 3. The van der Waals surface area contributed by atoms with Gasteiger partial charge < -0.3 is 25.0 Å². The third-order valence-corrected chi connectivity index (χ3v) is 8.03. The van der Waals surface area contributed by atoms with Crippen LogP contribution < -0.4 is 20.3 Å². The topological polar surface area (TPSA) is 106 Å². The van der Waals surface area contributed by atoms with E-state index in [9.17, 15) is 4.79 Å². The molecule has 1 saturated heterocycles. The van der Waals surface area contributed by atoms with Gasteiger partial charge in [-0.15, -0.1) is 0 Å². The molecule has 0 radical (unpaired) electrons. The highest BCUT2D eigenvalue weighted by Crippen LogP contribution is 2.43. The highest BCUT2D eigenvalue weighted by atomic mass is 16.5. The van der Waals surface area contributed by atoms with Gasteiger partial charge in [0.25, 0.3) is 5.91 Å². The number of amides is 1. The molecule has 5 heterocycles. The summed E-state index contributed by atoms with van der Waals surface area (Å²) in [5.74, 6) is 2.11. The fraction of sp³-hybridized carbons (Fsp3) is 0.448. The van der Waals surface area contributed by atoms with Crippen molar-refractivity contribution >= 4 is 28.9 Å². The molecule has 10 heteroatoms. The number of guanidine groups is 1. The first-order chi connectivity index (χ1) is 19.0. The SMILES string of the molecule is Cc1cc2cc(n1)-c1cnn(C)c1OCCCC(C1CC1)CN1/C(=N/C2=O)Nc2cc(NC3COC3)ccc21. The molecule has 3 aromatic rings. The van der Waals surface area contributed by atoms with Crippen molar-refractivity contribution in [1.82, 2.24) is 14.8 Å². The van der Waals surface area contributed by atoms with Crippen LogP contribution in [0.5, 0.6) is 5.88 Å². The Morgan fingerprint density at radius 2 is 1.97 bits per heavy atom. The van der Waals surface area contributed by atoms with Crippen molar-refractivity contribution in [3.8, 4) is 17.1 Å². The number of nitrogens with zero attached hydrogens (tertiary/aromatic N) is 5. The van der Waals surface area contributed by atoms with Crippen LogP contribution in [0.1, 0.15) is 41.7 Å². The number of rotatable bonds is 3. The number of hydrogen-bond acceptors (Lipinski definition) is 8. The number of benzene rings is 1. The molecule has 39 heavy (non-hydrogen) atoms. The molecule has 10 nitrogen and oxygen atoms in total. The molecule has 7 rings (SSSR count). The van der Waals surface area contributed by atoms with Gasteiger partial charge in [-0.1, -0.05) is 0 Å². The predicted octanol–water partition coefficient (Wildman–Crippen LogP) is 4.23. The third kappa shape index (κ3) is 4.73. The molecule has 202 valence electrons. The highest BCUT2D eigenvalue weighted by Gasteiger charge is 2.36. The number of fused-ring (bicyclic) bond motifs is 7. The maximum atomic E-state index is 13.6. The van der Waals surface area contributed by atoms with Crippen LogP contribution in [0.2, 0.25) is 0 Å². The van der Waals surface area contributed by atoms with Gasteiger partial charge >= 0.3 is 0 Å². The van der Waals surface area contributed by atoms with E-state index < -0.39 is 0 Å². The van der Waals surface area contributed by atoms with Gasteiger partial charge in [-0.2, -0.15) is 10.1 Å². The normalized spacial score (nSPS) is 22.6. The molecule has 1 atom stereocenters. The van der Waals surface area contributed by atoms with Gasteiger partial charge in [0, 0.05) is 30.5 Å². The van der Waals surface area contributed by atoms with E-state index in [0.717, 1.165) is 60.9 Å². The Kier molecular flexibility index (Phi) is 5.99. The van der Waals surface area contributed by atoms with Crippen molar-refractivity contribution in [2.75, 3.05) is 41.9 Å². The van der Waals surface area contributed by atoms with Crippen LogP contribution in [0.4, 0.5) is 17.1 Å². The molecule has 1 amide bonds. The monoisotopic (exact) mass is 527 g/mol. The summed E-state index contributed by atoms with van der Waals surface area (Å²) >= 11 is 0. The van der Waals surface area contributed by atoms with E-state index in [2.05, 4.69) is 43.8 Å². The molecule has 4 aliphatic rings. The van der Waals surface area contributed by atoms with Crippen LogP contribution in [0, 0.1) is 18.8 Å². The van der Waals surface area contributed by atoms with E-state index in [4.69, 9.17) is 14.5 Å². The predicted molar refractivity (Wildman–Crippen MR) is 150 cm³/mol. The van der Waals surface area contributed by atoms with Crippen LogP contribution in [-0.4, -0.2) is 59.0 Å². The second-order valence-electron chi connectivity index (χ2n) is 11.0. The summed E-state index contributed by atoms with van der Waals surface area (Å²) in [7, 11) is 1.87. The van der Waals surface area contributed by atoms with Crippen LogP contribution in [0.3, 0.4) is 0 Å². The molecular weight excluding hydrogens is 494 g/mol. The Hall–Kier alpha value is -3.92. The Morgan fingerprint density at radius 1 is 1.10 bits per heavy atom. The molecule has 2 aromatic heterocycles. The van der Waals surface area contributed by atoms with Crippen molar-refractivity contribution < 1.29 is 14.3 Å². The molecular formula is C29H33N7O3. The quantitative estimate of drug-likeness (QED) is 0.521. The summed E-state index contributed by atoms with van der Waals surface area (Å²) in [6.45, 7) is 4.73. The van der Waals surface area contributed by atoms with E-state index in [1.165, 1.54) is 12.8 Å². The summed E-state index contributed by atoms with van der Waals surface area (Å²) in [5.41, 5.74) is 5.69. The van der Waals surface area contributed by atoms with E-state index in [0.29, 0.717) is 47.6 Å². The fourth-order valence-electron chi connectivity index (χ4n) is 5.75. The molecule has 3 aliphatic heterocycles. The van der Waals surface area contributed by atoms with Crippen LogP contribution in [-0.2, 0) is 11.8 Å². The van der Waals surface area contributed by atoms with Gasteiger partial charge in [0.1, 0.15) is 0 Å². The van der Waals surface area contributed by atoms with Gasteiger partial charge in [0.15, 0.2) is 0 Å². The van der Waals surface area contributed by atoms with E-state index in [-0.39, 0.29) is 5.91 Å². The minimum atomic E-state index is -0.309. The third-order valence-electron chi connectivity index (χ3n) is 8.03. The molecule has 2 N–H and O–H groups in total. The zero-order valence-corrected chi connectivity index (χ0v) is 22.3. The minimum Gasteiger partial charge on any atom is -0.477 e. The lowest BCUT2D eigenvalue weighted by molar-refractivity contribution is 0.0211. The lowest BCUT2D eigenvalue weighted by Gasteiger charge is -2.28. The van der Waals surface area contributed by atoms with Crippen molar-refractivity contribution in [2.45, 2.75) is 38.6 Å². The van der Waals surface area contributed by atoms with Crippen molar-refractivity contribution in [2.24, 2.45) is 23.9 Å². The largest absolute Gasteiger partial charge is 0.477 e. The van der Waals surface area contributed by atoms with E-state index in [1.54, 1.807) is 23.0 Å². The maximum absolute atomic E-state index is 13.6. The number of nitrogens with one attached hydrogen (secondary N) is 2. The Balaban J connectivity index is 1.28. The Labute approximate surface area is 227 Å². The number of aliphatic imine (C=N–C) groups is 1. The van der Waals surface area contributed by atoms with Crippen LogP contribution >= 0.6 is 0 Å². The molecule has 1 aromatic carbocycles. The number of pyridine rings is 1. The number of anilines is 3. The summed E-state index contributed by atoms with van der Waals surface area (Å²) in [4.78, 5) is 25.1. The number of aryl methyl sites for hydroxylation is 2. The minimum absolute atomic E-state index is 0.309. The Morgan fingerprint density at radius 3 is 2.77 bits per heavy atom. The number of carbonyl (C=O) groups is 1. The van der Waals surface area contributed by atoms with Gasteiger partial charge in [0.2, 0.25) is 11.8 Å². The maximum Gasteiger partial charge on any atom is 0.280 e. The summed E-state index contributed by atoms with van der Waals surface area (Å²) < 4.78 is 13.3. The van der Waals surface area contributed by atoms with Crippen LogP contribution in [0.15, 0.2) is 41.5 Å². The molecule has 1 aliphatic carbocycles. The molecule has 2 bridgehead atoms. The van der Waals surface area contributed by atoms with E-state index >= 15 is 0 Å². The average Bonchev–Trinajstić information content (AvgIpc) is 3.60. The second-order valence-corrected chi connectivity index (χ2v) is 11.0. The van der Waals surface area contributed by atoms with Gasteiger partial charge in [-0.25, -0.2) is 4.68 Å². The smallest absolute Gasteiger partial charge is 0.280 e. The van der Waals surface area contributed by atoms with Gasteiger partial charge in [0.05, 0.1) is 54.7 Å². The number of carbonyl (C=O) groups excluding carboxylic acids is 1. The zero-order chi connectivity index (χ0) is 26.5. The average molecular weight is 528 g/mol. The fourth-order valence-corrected chi connectivity index (χ4v) is 5.75. The highest BCUT2D eigenvalue weighted by molar-refractivity contribution is 6.19. The van der Waals surface area contributed by atoms with Crippen molar-refractivity contribution in [3.63, 3.8) is 0 Å². The van der Waals surface area contributed by atoms with E-state index in [1.807, 2.05) is 14.0 Å². The molecule has 1 saturated carbocycles. The standard InChI is InChI=1S/C29H33N7O3/c1-17-10-20-11-24(31-17)23-13-30-35(2)28(23)39-9-3-4-19(18-5-6-18)14-36-26-8-7-21(32-22-15-38-16-22)12-25(26)33-29(36)34-27(20)37/h7-8,10-13,18-19,22,32H,3-6,9,14-16H2,1-2H3,(H,33,34,37). The molecule has 0 spiro atoms. The van der Waals surface area contributed by atoms with Crippen LogP contribution in [0.25, 0.3) is 11.3 Å². The van der Waals surface area contributed by atoms with Gasteiger partial charge in [-0.3, -0.25) is 9.78 Å². The number of hydrogen-bond donors (Lipinski definition) is 2.